The summed E-state index contributed by atoms with van der Waals surface area (Å²) in [6, 6.07) is 10.1. The molecule has 3 nitrogen and oxygen atoms in total. The molecule has 1 aromatic heterocycles. The fourth-order valence-corrected chi connectivity index (χ4v) is 2.12. The molecule has 0 atom stereocenters. The number of aromatic nitrogens is 2. The molecular formula is C11H11ClN2OS. The highest BCUT2D eigenvalue weighted by Crippen LogP contribution is 2.20. The van der Waals surface area contributed by atoms with E-state index in [1.165, 1.54) is 4.90 Å². The summed E-state index contributed by atoms with van der Waals surface area (Å²) < 4.78 is 5.03. The molecule has 2 aromatic rings. The summed E-state index contributed by atoms with van der Waals surface area (Å²) in [6.45, 7) is 0. The zero-order chi connectivity index (χ0) is 11.2. The highest BCUT2D eigenvalue weighted by molar-refractivity contribution is 7.98. The predicted octanol–water partition coefficient (Wildman–Crippen LogP) is 3.14. The van der Waals surface area contributed by atoms with Crippen LogP contribution in [0.25, 0.3) is 0 Å². The van der Waals surface area contributed by atoms with Crippen molar-refractivity contribution in [2.24, 2.45) is 0 Å². The smallest absolute Gasteiger partial charge is 0.227 e. The van der Waals surface area contributed by atoms with Gasteiger partial charge in [0.25, 0.3) is 0 Å². The fraction of sp³-hybridized carbons (Fsp3) is 0.273. The highest BCUT2D eigenvalue weighted by Gasteiger charge is 2.05. The zero-order valence-corrected chi connectivity index (χ0v) is 10.2. The number of hydrogen-bond acceptors (Lipinski definition) is 4. The van der Waals surface area contributed by atoms with Crippen LogP contribution in [0.4, 0.5) is 0 Å². The normalized spacial score (nSPS) is 10.6. The maximum atomic E-state index is 5.59. The zero-order valence-electron chi connectivity index (χ0n) is 8.60. The molecule has 5 heteroatoms. The van der Waals surface area contributed by atoms with E-state index in [-0.39, 0.29) is 0 Å². The number of nitrogens with zero attached hydrogens (tertiary/aromatic N) is 2. The molecule has 0 saturated carbocycles. The van der Waals surface area contributed by atoms with Crippen LogP contribution < -0.4 is 0 Å². The first kappa shape index (κ1) is 11.5. The summed E-state index contributed by atoms with van der Waals surface area (Å²) in [6.07, 6.45) is 0.630. The van der Waals surface area contributed by atoms with Gasteiger partial charge in [-0.15, -0.1) is 23.4 Å². The first-order valence-electron chi connectivity index (χ1n) is 4.94. The van der Waals surface area contributed by atoms with Crippen molar-refractivity contribution in [3.8, 4) is 0 Å². The third kappa shape index (κ3) is 3.25. The third-order valence-electron chi connectivity index (χ3n) is 1.93. The van der Waals surface area contributed by atoms with Crippen LogP contribution in [0, 0.1) is 0 Å². The maximum Gasteiger partial charge on any atom is 0.227 e. The SMILES string of the molecule is ClCCc1nc(CSc2ccccc2)no1. The van der Waals surface area contributed by atoms with Crippen molar-refractivity contribution in [2.45, 2.75) is 17.1 Å². The van der Waals surface area contributed by atoms with Crippen LogP contribution in [0.3, 0.4) is 0 Å². The maximum absolute atomic E-state index is 5.59. The molecule has 0 bridgehead atoms. The average molecular weight is 255 g/mol. The minimum absolute atomic E-state index is 0.507. The molecular weight excluding hydrogens is 244 g/mol. The molecule has 84 valence electrons. The Balaban J connectivity index is 1.89. The quantitative estimate of drug-likeness (QED) is 0.607. The van der Waals surface area contributed by atoms with Crippen LogP contribution in [-0.4, -0.2) is 16.0 Å². The van der Waals surface area contributed by atoms with E-state index in [2.05, 4.69) is 22.3 Å². The first-order chi connectivity index (χ1) is 7.88. The Bertz CT molecular complexity index is 433. The number of aryl methyl sites for hydroxylation is 1. The fourth-order valence-electron chi connectivity index (χ4n) is 1.20. The second-order valence-corrected chi connectivity index (χ2v) is 4.57. The van der Waals surface area contributed by atoms with E-state index in [1.807, 2.05) is 18.2 Å². The van der Waals surface area contributed by atoms with E-state index in [0.717, 1.165) is 5.75 Å². The number of rotatable bonds is 5. The summed E-state index contributed by atoms with van der Waals surface area (Å²) in [4.78, 5) is 5.43. The summed E-state index contributed by atoms with van der Waals surface area (Å²) in [5.41, 5.74) is 0. The molecule has 0 N–H and O–H groups in total. The van der Waals surface area contributed by atoms with Crippen LogP contribution in [0.2, 0.25) is 0 Å². The lowest BCUT2D eigenvalue weighted by Gasteiger charge is -1.96. The van der Waals surface area contributed by atoms with Gasteiger partial charge in [0.05, 0.1) is 5.75 Å². The van der Waals surface area contributed by atoms with Crippen molar-refractivity contribution >= 4 is 23.4 Å². The van der Waals surface area contributed by atoms with Crippen molar-refractivity contribution in [1.29, 1.82) is 0 Å². The van der Waals surface area contributed by atoms with Gasteiger partial charge in [-0.2, -0.15) is 4.98 Å². The van der Waals surface area contributed by atoms with Crippen LogP contribution in [0.5, 0.6) is 0 Å². The van der Waals surface area contributed by atoms with E-state index < -0.39 is 0 Å². The van der Waals surface area contributed by atoms with E-state index in [9.17, 15) is 0 Å². The lowest BCUT2D eigenvalue weighted by Crippen LogP contribution is -1.87. The van der Waals surface area contributed by atoms with Crippen molar-refractivity contribution < 1.29 is 4.52 Å². The van der Waals surface area contributed by atoms with Crippen LogP contribution in [-0.2, 0) is 12.2 Å². The molecule has 0 aliphatic heterocycles. The molecule has 0 spiro atoms. The molecule has 0 saturated heterocycles. The Hall–Kier alpha value is -1.00. The van der Waals surface area contributed by atoms with Crippen molar-refractivity contribution in [1.82, 2.24) is 10.1 Å². The molecule has 0 aliphatic carbocycles. The molecule has 0 unspecified atom stereocenters. The molecule has 0 fully saturated rings. The van der Waals surface area contributed by atoms with Crippen LogP contribution in [0.1, 0.15) is 11.7 Å². The third-order valence-corrected chi connectivity index (χ3v) is 3.13. The lowest BCUT2D eigenvalue weighted by molar-refractivity contribution is 0.378. The van der Waals surface area contributed by atoms with Crippen LogP contribution >= 0.6 is 23.4 Å². The number of hydrogen-bond donors (Lipinski definition) is 0. The Labute approximate surface area is 103 Å². The second-order valence-electron chi connectivity index (χ2n) is 3.15. The monoisotopic (exact) mass is 254 g/mol. The highest BCUT2D eigenvalue weighted by atomic mass is 35.5. The summed E-state index contributed by atoms with van der Waals surface area (Å²) in [7, 11) is 0. The summed E-state index contributed by atoms with van der Waals surface area (Å²) >= 11 is 7.27. The molecule has 1 heterocycles. The Morgan fingerprint density at radius 3 is 2.81 bits per heavy atom. The van der Waals surface area contributed by atoms with E-state index in [4.69, 9.17) is 16.1 Å². The van der Waals surface area contributed by atoms with Crippen molar-refractivity contribution in [3.63, 3.8) is 0 Å². The van der Waals surface area contributed by atoms with Gasteiger partial charge in [0.1, 0.15) is 0 Å². The number of halogens is 1. The average Bonchev–Trinajstić information content (AvgIpc) is 2.76. The molecule has 0 amide bonds. The van der Waals surface area contributed by atoms with Gasteiger partial charge in [-0.1, -0.05) is 23.4 Å². The second kappa shape index (κ2) is 5.92. The Morgan fingerprint density at radius 2 is 2.06 bits per heavy atom. The lowest BCUT2D eigenvalue weighted by atomic mass is 10.4. The van der Waals surface area contributed by atoms with Gasteiger partial charge in [0.15, 0.2) is 5.82 Å². The molecule has 16 heavy (non-hydrogen) atoms. The summed E-state index contributed by atoms with van der Waals surface area (Å²) in [5, 5.41) is 3.88. The van der Waals surface area contributed by atoms with Gasteiger partial charge in [0, 0.05) is 17.2 Å². The molecule has 2 rings (SSSR count). The minimum atomic E-state index is 0.507. The first-order valence-corrected chi connectivity index (χ1v) is 6.46. The molecule has 0 aliphatic rings. The van der Waals surface area contributed by atoms with E-state index in [0.29, 0.717) is 24.0 Å². The number of thioether (sulfide) groups is 1. The number of alkyl halides is 1. The van der Waals surface area contributed by atoms with Gasteiger partial charge >= 0.3 is 0 Å². The van der Waals surface area contributed by atoms with Gasteiger partial charge in [-0.25, -0.2) is 0 Å². The Kier molecular flexibility index (Phi) is 4.25. The number of benzene rings is 1. The van der Waals surface area contributed by atoms with Gasteiger partial charge in [-0.05, 0) is 12.1 Å². The minimum Gasteiger partial charge on any atom is -0.339 e. The van der Waals surface area contributed by atoms with Crippen molar-refractivity contribution in [2.75, 3.05) is 5.88 Å². The predicted molar refractivity (Wildman–Crippen MR) is 64.7 cm³/mol. The Morgan fingerprint density at radius 1 is 1.25 bits per heavy atom. The molecule has 0 radical (unpaired) electrons. The van der Waals surface area contributed by atoms with E-state index >= 15 is 0 Å². The van der Waals surface area contributed by atoms with Gasteiger partial charge in [-0.3, -0.25) is 0 Å². The van der Waals surface area contributed by atoms with Gasteiger partial charge < -0.3 is 4.52 Å². The summed E-state index contributed by atoms with van der Waals surface area (Å²) in [5.74, 6) is 2.55. The molecule has 1 aromatic carbocycles. The van der Waals surface area contributed by atoms with Gasteiger partial charge in [0.2, 0.25) is 5.89 Å². The van der Waals surface area contributed by atoms with Crippen molar-refractivity contribution in [3.05, 3.63) is 42.0 Å². The van der Waals surface area contributed by atoms with E-state index in [1.54, 1.807) is 11.8 Å². The topological polar surface area (TPSA) is 38.9 Å². The standard InChI is InChI=1S/C11H11ClN2OS/c12-7-6-11-13-10(14-15-11)8-16-9-4-2-1-3-5-9/h1-5H,6-8H2. The van der Waals surface area contributed by atoms with Crippen LogP contribution in [0.15, 0.2) is 39.8 Å². The largest absolute Gasteiger partial charge is 0.339 e.